The monoisotopic (exact) mass is 252 g/mol. The summed E-state index contributed by atoms with van der Waals surface area (Å²) < 4.78 is 0. The summed E-state index contributed by atoms with van der Waals surface area (Å²) >= 11 is 0. The molecule has 18 heavy (non-hydrogen) atoms. The van der Waals surface area contributed by atoms with Crippen LogP contribution in [-0.2, 0) is 0 Å². The molecule has 6 heteroatoms. The summed E-state index contributed by atoms with van der Waals surface area (Å²) in [4.78, 5) is 13.3. The smallest absolute Gasteiger partial charge is 0.339 e. The predicted octanol–water partition coefficient (Wildman–Crippen LogP) is 1.15. The van der Waals surface area contributed by atoms with Gasteiger partial charge in [0.2, 0.25) is 0 Å². The maximum absolute atomic E-state index is 11.3. The lowest BCUT2D eigenvalue weighted by atomic mass is 10.1. The number of carboxylic acid groups (broad SMARTS) is 1. The number of nitrogens with one attached hydrogen (secondary N) is 1. The molecule has 1 atom stereocenters. The first-order valence-corrected chi connectivity index (χ1v) is 5.82. The molecule has 0 amide bonds. The van der Waals surface area contributed by atoms with E-state index in [-0.39, 0.29) is 11.6 Å². The first-order valence-electron chi connectivity index (χ1n) is 5.82. The van der Waals surface area contributed by atoms with Gasteiger partial charge >= 0.3 is 5.97 Å². The number of anilines is 1. The van der Waals surface area contributed by atoms with Crippen LogP contribution >= 0.6 is 0 Å². The van der Waals surface area contributed by atoms with Crippen molar-refractivity contribution in [1.29, 1.82) is 0 Å². The molecule has 0 radical (unpaired) electrons. The highest BCUT2D eigenvalue weighted by Gasteiger charge is 2.18. The molecule has 1 heterocycles. The second kappa shape index (κ2) is 5.77. The Kier molecular flexibility index (Phi) is 4.61. The molecule has 100 valence electrons. The van der Waals surface area contributed by atoms with Gasteiger partial charge in [-0.05, 0) is 40.4 Å². The van der Waals surface area contributed by atoms with Crippen molar-refractivity contribution in [3.8, 4) is 0 Å². The van der Waals surface area contributed by atoms with Gasteiger partial charge in [0, 0.05) is 12.6 Å². The van der Waals surface area contributed by atoms with E-state index >= 15 is 0 Å². The van der Waals surface area contributed by atoms with E-state index in [2.05, 4.69) is 15.5 Å². The maximum Gasteiger partial charge on any atom is 0.339 e. The third-order valence-electron chi connectivity index (χ3n) is 3.11. The van der Waals surface area contributed by atoms with Gasteiger partial charge in [0.1, 0.15) is 5.56 Å². The van der Waals surface area contributed by atoms with Gasteiger partial charge < -0.3 is 15.3 Å². The average Bonchev–Trinajstić information content (AvgIpc) is 2.29. The average molecular weight is 252 g/mol. The van der Waals surface area contributed by atoms with Crippen LogP contribution in [0.15, 0.2) is 0 Å². The Morgan fingerprint density at radius 1 is 1.39 bits per heavy atom. The molecule has 0 aliphatic rings. The zero-order valence-corrected chi connectivity index (χ0v) is 11.5. The van der Waals surface area contributed by atoms with Crippen molar-refractivity contribution in [3.63, 3.8) is 0 Å². The number of aromatic carboxylic acids is 1. The lowest BCUT2D eigenvalue weighted by Crippen LogP contribution is -2.32. The van der Waals surface area contributed by atoms with E-state index in [0.717, 1.165) is 0 Å². The summed E-state index contributed by atoms with van der Waals surface area (Å²) in [5, 5.41) is 20.2. The molecule has 1 aromatic heterocycles. The van der Waals surface area contributed by atoms with E-state index in [4.69, 9.17) is 0 Å². The summed E-state index contributed by atoms with van der Waals surface area (Å²) in [7, 11) is 3.94. The second-order valence-electron chi connectivity index (χ2n) is 4.63. The minimum absolute atomic E-state index is 0.202. The van der Waals surface area contributed by atoms with Crippen LogP contribution < -0.4 is 5.32 Å². The van der Waals surface area contributed by atoms with Crippen molar-refractivity contribution >= 4 is 11.8 Å². The van der Waals surface area contributed by atoms with E-state index in [1.54, 1.807) is 13.8 Å². The molecule has 1 rings (SSSR count). The Morgan fingerprint density at radius 2 is 2.00 bits per heavy atom. The first-order chi connectivity index (χ1) is 8.34. The van der Waals surface area contributed by atoms with Gasteiger partial charge in [0.15, 0.2) is 5.82 Å². The summed E-state index contributed by atoms with van der Waals surface area (Å²) in [6.45, 7) is 6.15. The molecule has 0 saturated carbocycles. The number of aryl methyl sites for hydroxylation is 1. The molecule has 1 aromatic rings. The highest BCUT2D eigenvalue weighted by molar-refractivity contribution is 5.94. The fourth-order valence-electron chi connectivity index (χ4n) is 1.42. The van der Waals surface area contributed by atoms with Gasteiger partial charge in [0.05, 0.1) is 5.69 Å². The maximum atomic E-state index is 11.3. The number of carbonyl (C=O) groups is 1. The van der Waals surface area contributed by atoms with Crippen molar-refractivity contribution in [2.45, 2.75) is 26.8 Å². The van der Waals surface area contributed by atoms with E-state index < -0.39 is 5.97 Å². The molecule has 0 fully saturated rings. The number of rotatable bonds is 5. The molecular weight excluding hydrogens is 232 g/mol. The highest BCUT2D eigenvalue weighted by atomic mass is 16.4. The van der Waals surface area contributed by atoms with E-state index in [1.165, 1.54) is 0 Å². The van der Waals surface area contributed by atoms with Crippen molar-refractivity contribution in [2.24, 2.45) is 0 Å². The normalized spacial score (nSPS) is 12.6. The van der Waals surface area contributed by atoms with Crippen molar-refractivity contribution in [2.75, 3.05) is 26.0 Å². The fraction of sp³-hybridized carbons (Fsp3) is 0.583. The molecule has 0 aromatic carbocycles. The highest BCUT2D eigenvalue weighted by Crippen LogP contribution is 2.18. The summed E-state index contributed by atoms with van der Waals surface area (Å²) in [5.41, 5.74) is 1.49. The molecular formula is C12H20N4O2. The predicted molar refractivity (Wildman–Crippen MR) is 70.1 cm³/mol. The summed E-state index contributed by atoms with van der Waals surface area (Å²) in [6, 6.07) is 0.273. The number of carboxylic acids is 1. The van der Waals surface area contributed by atoms with Crippen LogP contribution in [-0.4, -0.2) is 52.9 Å². The molecule has 0 aliphatic carbocycles. The number of likely N-dealkylation sites (N-methyl/N-ethyl adjacent to an activating group) is 1. The number of nitrogens with zero attached hydrogens (tertiary/aromatic N) is 3. The zero-order valence-electron chi connectivity index (χ0n) is 11.5. The minimum atomic E-state index is -0.981. The fourth-order valence-corrected chi connectivity index (χ4v) is 1.42. The van der Waals surface area contributed by atoms with E-state index in [9.17, 15) is 9.90 Å². The molecule has 0 spiro atoms. The largest absolute Gasteiger partial charge is 0.478 e. The number of aromatic nitrogens is 2. The van der Waals surface area contributed by atoms with Crippen LogP contribution in [0.5, 0.6) is 0 Å². The minimum Gasteiger partial charge on any atom is -0.478 e. The van der Waals surface area contributed by atoms with Gasteiger partial charge in [-0.2, -0.15) is 5.10 Å². The number of hydrogen-bond acceptors (Lipinski definition) is 5. The van der Waals surface area contributed by atoms with Gasteiger partial charge in [-0.1, -0.05) is 0 Å². The Hall–Kier alpha value is -1.69. The van der Waals surface area contributed by atoms with Gasteiger partial charge in [0.25, 0.3) is 0 Å². The van der Waals surface area contributed by atoms with Crippen LogP contribution in [0, 0.1) is 13.8 Å². The Labute approximate surface area is 107 Å². The lowest BCUT2D eigenvalue weighted by molar-refractivity contribution is 0.0696. The van der Waals surface area contributed by atoms with Crippen molar-refractivity contribution in [3.05, 3.63) is 16.8 Å². The molecule has 0 aliphatic heterocycles. The Bertz CT molecular complexity index is 446. The van der Waals surface area contributed by atoms with Crippen LogP contribution in [0.4, 0.5) is 5.82 Å². The third kappa shape index (κ3) is 3.16. The summed E-state index contributed by atoms with van der Waals surface area (Å²) in [5.74, 6) is -0.648. The standard InChI is InChI=1S/C12H20N4O2/c1-7(16(4)5)6-13-11-10(12(17)18)8(2)9(3)14-15-11/h7H,6H2,1-5H3,(H,13,15)(H,17,18). The zero-order chi connectivity index (χ0) is 13.9. The third-order valence-corrected chi connectivity index (χ3v) is 3.11. The topological polar surface area (TPSA) is 78.4 Å². The van der Waals surface area contributed by atoms with Crippen LogP contribution in [0.25, 0.3) is 0 Å². The molecule has 2 N–H and O–H groups in total. The molecule has 1 unspecified atom stereocenters. The SMILES string of the molecule is Cc1nnc(NCC(C)N(C)C)c(C(=O)O)c1C. The van der Waals surface area contributed by atoms with Crippen LogP contribution in [0.1, 0.15) is 28.5 Å². The Morgan fingerprint density at radius 3 is 2.50 bits per heavy atom. The van der Waals surface area contributed by atoms with Gasteiger partial charge in [-0.15, -0.1) is 5.10 Å². The Balaban J connectivity index is 2.96. The van der Waals surface area contributed by atoms with Crippen molar-refractivity contribution in [1.82, 2.24) is 15.1 Å². The van der Waals surface area contributed by atoms with Crippen LogP contribution in [0.3, 0.4) is 0 Å². The van der Waals surface area contributed by atoms with Crippen molar-refractivity contribution < 1.29 is 9.90 Å². The van der Waals surface area contributed by atoms with Gasteiger partial charge in [-0.3, -0.25) is 0 Å². The quantitative estimate of drug-likeness (QED) is 0.818. The second-order valence-corrected chi connectivity index (χ2v) is 4.63. The number of hydrogen-bond donors (Lipinski definition) is 2. The lowest BCUT2D eigenvalue weighted by Gasteiger charge is -2.21. The summed E-state index contributed by atoms with van der Waals surface area (Å²) in [6.07, 6.45) is 0. The molecule has 6 nitrogen and oxygen atoms in total. The van der Waals surface area contributed by atoms with E-state index in [0.29, 0.717) is 23.6 Å². The first kappa shape index (κ1) is 14.4. The van der Waals surface area contributed by atoms with Crippen LogP contribution in [0.2, 0.25) is 0 Å². The van der Waals surface area contributed by atoms with E-state index in [1.807, 2.05) is 25.9 Å². The molecule has 0 saturated heterocycles. The van der Waals surface area contributed by atoms with Gasteiger partial charge in [-0.25, -0.2) is 4.79 Å². The molecule has 0 bridgehead atoms.